The normalized spacial score (nSPS) is 17.1. The van der Waals surface area contributed by atoms with Crippen LogP contribution in [0.3, 0.4) is 0 Å². The van der Waals surface area contributed by atoms with Crippen LogP contribution in [0.1, 0.15) is 20.3 Å². The van der Waals surface area contributed by atoms with Gasteiger partial charge >= 0.3 is 12.1 Å². The highest BCUT2D eigenvalue weighted by Gasteiger charge is 2.58. The predicted octanol–water partition coefficient (Wildman–Crippen LogP) is 0.493. The Bertz CT molecular complexity index is 306. The minimum Gasteiger partial charge on any atom is -0.479 e. The summed E-state index contributed by atoms with van der Waals surface area (Å²) in [4.78, 5) is 21.8. The number of halogens is 3. The topological polar surface area (TPSA) is 92.4 Å². The van der Waals surface area contributed by atoms with Gasteiger partial charge in [-0.25, -0.2) is 4.79 Å². The van der Waals surface area contributed by atoms with Gasteiger partial charge in [-0.15, -0.1) is 0 Å². The second-order valence-electron chi connectivity index (χ2n) is 4.02. The first-order valence-corrected chi connectivity index (χ1v) is 4.85. The van der Waals surface area contributed by atoms with Gasteiger partial charge < -0.3 is 16.2 Å². The second kappa shape index (κ2) is 5.35. The van der Waals surface area contributed by atoms with Gasteiger partial charge in [0.1, 0.15) is 0 Å². The Balaban J connectivity index is 4.80. The van der Waals surface area contributed by atoms with Crippen molar-refractivity contribution in [1.82, 2.24) is 5.32 Å². The fourth-order valence-electron chi connectivity index (χ4n) is 0.975. The van der Waals surface area contributed by atoms with Crippen molar-refractivity contribution in [2.75, 3.05) is 6.54 Å². The van der Waals surface area contributed by atoms with Gasteiger partial charge in [-0.2, -0.15) is 13.2 Å². The van der Waals surface area contributed by atoms with Crippen molar-refractivity contribution < 1.29 is 27.9 Å². The molecule has 0 rings (SSSR count). The van der Waals surface area contributed by atoms with Crippen LogP contribution in [-0.4, -0.2) is 35.2 Å². The van der Waals surface area contributed by atoms with E-state index in [1.165, 1.54) is 5.32 Å². The summed E-state index contributed by atoms with van der Waals surface area (Å²) in [5, 5.41) is 10.0. The molecule has 0 aromatic rings. The van der Waals surface area contributed by atoms with E-state index in [9.17, 15) is 22.8 Å². The molecule has 17 heavy (non-hydrogen) atoms. The summed E-state index contributed by atoms with van der Waals surface area (Å²) >= 11 is 0. The third-order valence-corrected chi connectivity index (χ3v) is 2.32. The number of rotatable bonds is 5. The van der Waals surface area contributed by atoms with Gasteiger partial charge in [0, 0.05) is 6.42 Å². The van der Waals surface area contributed by atoms with Crippen molar-refractivity contribution in [2.24, 2.45) is 11.7 Å². The number of hydrogen-bond donors (Lipinski definition) is 3. The third kappa shape index (κ3) is 3.88. The molecule has 0 bridgehead atoms. The van der Waals surface area contributed by atoms with Crippen LogP contribution in [0, 0.1) is 5.92 Å². The Hall–Kier alpha value is -1.31. The van der Waals surface area contributed by atoms with Crippen molar-refractivity contribution in [3.63, 3.8) is 0 Å². The van der Waals surface area contributed by atoms with Gasteiger partial charge in [0.05, 0.1) is 0 Å². The molecule has 0 radical (unpaired) electrons. The van der Waals surface area contributed by atoms with Gasteiger partial charge in [-0.1, -0.05) is 6.92 Å². The number of carboxylic acids is 1. The van der Waals surface area contributed by atoms with Crippen molar-refractivity contribution >= 4 is 11.9 Å². The molecular formula is C9H15F3N2O3. The maximum Gasteiger partial charge on any atom is 0.422 e. The minimum atomic E-state index is -5.07. The van der Waals surface area contributed by atoms with E-state index in [0.29, 0.717) is 6.92 Å². The van der Waals surface area contributed by atoms with E-state index < -0.39 is 23.6 Å². The maximum absolute atomic E-state index is 12.5. The molecule has 4 N–H and O–H groups in total. The van der Waals surface area contributed by atoms with Gasteiger partial charge in [0.2, 0.25) is 11.4 Å². The van der Waals surface area contributed by atoms with E-state index in [1.54, 1.807) is 6.92 Å². The number of aliphatic carboxylic acids is 1. The number of amides is 1. The zero-order valence-corrected chi connectivity index (χ0v) is 9.47. The van der Waals surface area contributed by atoms with E-state index in [-0.39, 0.29) is 18.9 Å². The van der Waals surface area contributed by atoms with Crippen LogP contribution in [0.15, 0.2) is 0 Å². The summed E-state index contributed by atoms with van der Waals surface area (Å²) in [7, 11) is 0. The fraction of sp³-hybridized carbons (Fsp3) is 0.778. The molecule has 0 aliphatic carbocycles. The number of carbonyl (C=O) groups is 2. The zero-order valence-electron chi connectivity index (χ0n) is 9.47. The van der Waals surface area contributed by atoms with Crippen molar-refractivity contribution in [2.45, 2.75) is 32.0 Å². The Kier molecular flexibility index (Phi) is 4.94. The monoisotopic (exact) mass is 256 g/mol. The standard InChI is InChI=1S/C9H15F3N2O3/c1-5(4-13)3-6(15)14-8(2,7(16)17)9(10,11)12/h5H,3-4,13H2,1-2H3,(H,14,15)(H,16,17). The lowest BCUT2D eigenvalue weighted by atomic mass is 10.0. The molecule has 0 aromatic carbocycles. The third-order valence-electron chi connectivity index (χ3n) is 2.32. The number of alkyl halides is 3. The van der Waals surface area contributed by atoms with Gasteiger partial charge in [0.15, 0.2) is 0 Å². The molecule has 0 saturated heterocycles. The van der Waals surface area contributed by atoms with Crippen molar-refractivity contribution in [1.29, 1.82) is 0 Å². The van der Waals surface area contributed by atoms with Crippen LogP contribution in [-0.2, 0) is 9.59 Å². The Morgan fingerprint density at radius 1 is 1.41 bits per heavy atom. The second-order valence-corrected chi connectivity index (χ2v) is 4.02. The first kappa shape index (κ1) is 15.7. The fourth-order valence-corrected chi connectivity index (χ4v) is 0.975. The summed E-state index contributed by atoms with van der Waals surface area (Å²) in [6.45, 7) is 2.11. The molecule has 0 saturated carbocycles. The summed E-state index contributed by atoms with van der Waals surface area (Å²) in [6, 6.07) is 0. The lowest BCUT2D eigenvalue weighted by Crippen LogP contribution is -2.62. The highest BCUT2D eigenvalue weighted by molar-refractivity contribution is 5.87. The molecule has 0 aliphatic heterocycles. The lowest BCUT2D eigenvalue weighted by molar-refractivity contribution is -0.207. The van der Waals surface area contributed by atoms with Crippen LogP contribution in [0.25, 0.3) is 0 Å². The molecule has 5 nitrogen and oxygen atoms in total. The minimum absolute atomic E-state index is 0.128. The smallest absolute Gasteiger partial charge is 0.422 e. The molecular weight excluding hydrogens is 241 g/mol. The largest absolute Gasteiger partial charge is 0.479 e. The van der Waals surface area contributed by atoms with Crippen molar-refractivity contribution in [3.05, 3.63) is 0 Å². The summed E-state index contributed by atoms with van der Waals surface area (Å²) in [6.07, 6.45) is -5.32. The molecule has 100 valence electrons. The summed E-state index contributed by atoms with van der Waals surface area (Å²) in [5.41, 5.74) is 1.93. The molecule has 2 unspecified atom stereocenters. The van der Waals surface area contributed by atoms with Gasteiger partial charge in [-0.3, -0.25) is 4.79 Å². The van der Waals surface area contributed by atoms with E-state index in [1.807, 2.05) is 0 Å². The zero-order chi connectivity index (χ0) is 13.9. The Morgan fingerprint density at radius 3 is 2.18 bits per heavy atom. The Morgan fingerprint density at radius 2 is 1.88 bits per heavy atom. The number of carbonyl (C=O) groups excluding carboxylic acids is 1. The molecule has 2 atom stereocenters. The Labute approximate surface area is 96.2 Å². The summed E-state index contributed by atoms with van der Waals surface area (Å²) < 4.78 is 37.5. The molecule has 0 fully saturated rings. The molecule has 1 amide bonds. The number of carboxylic acid groups (broad SMARTS) is 1. The van der Waals surface area contributed by atoms with E-state index in [4.69, 9.17) is 10.8 Å². The highest BCUT2D eigenvalue weighted by atomic mass is 19.4. The van der Waals surface area contributed by atoms with Crippen molar-refractivity contribution in [3.8, 4) is 0 Å². The quantitative estimate of drug-likeness (QED) is 0.667. The van der Waals surface area contributed by atoms with Crippen LogP contribution >= 0.6 is 0 Å². The van der Waals surface area contributed by atoms with E-state index in [0.717, 1.165) is 0 Å². The molecule has 0 heterocycles. The number of nitrogens with one attached hydrogen (secondary N) is 1. The molecule has 0 aliphatic rings. The van der Waals surface area contributed by atoms with E-state index in [2.05, 4.69) is 0 Å². The molecule has 8 heteroatoms. The van der Waals surface area contributed by atoms with Crippen LogP contribution in [0.5, 0.6) is 0 Å². The van der Waals surface area contributed by atoms with Gasteiger partial charge in [-0.05, 0) is 19.4 Å². The van der Waals surface area contributed by atoms with Crippen LogP contribution < -0.4 is 11.1 Å². The SMILES string of the molecule is CC(CN)CC(=O)NC(C)(C(=O)O)C(F)(F)F. The average Bonchev–Trinajstić information content (AvgIpc) is 2.14. The van der Waals surface area contributed by atoms with Gasteiger partial charge in [0.25, 0.3) is 0 Å². The molecule has 0 aromatic heterocycles. The summed E-state index contributed by atoms with van der Waals surface area (Å²) in [5.74, 6) is -3.47. The maximum atomic E-state index is 12.5. The lowest BCUT2D eigenvalue weighted by Gasteiger charge is -2.28. The van der Waals surface area contributed by atoms with Crippen LogP contribution in [0.4, 0.5) is 13.2 Å². The van der Waals surface area contributed by atoms with Crippen LogP contribution in [0.2, 0.25) is 0 Å². The highest BCUT2D eigenvalue weighted by Crippen LogP contribution is 2.30. The van der Waals surface area contributed by atoms with E-state index >= 15 is 0 Å². The average molecular weight is 256 g/mol. The predicted molar refractivity (Wildman–Crippen MR) is 53.1 cm³/mol. The first-order chi connectivity index (χ1) is 7.54. The molecule has 0 spiro atoms. The number of nitrogens with two attached hydrogens (primary N) is 1. The number of hydrogen-bond acceptors (Lipinski definition) is 3. The first-order valence-electron chi connectivity index (χ1n) is 4.85.